The van der Waals surface area contributed by atoms with Gasteiger partial charge in [0.25, 0.3) is 5.91 Å². The average molecular weight is 351 g/mol. The number of likely N-dealkylation sites (N-methyl/N-ethyl adjacent to an activating group) is 1. The Bertz CT molecular complexity index is 953. The van der Waals surface area contributed by atoms with E-state index in [1.165, 1.54) is 0 Å². The van der Waals surface area contributed by atoms with Crippen LogP contribution in [0.3, 0.4) is 0 Å². The molecule has 0 N–H and O–H groups in total. The first kappa shape index (κ1) is 15.8. The Morgan fingerprint density at radius 1 is 1.24 bits per heavy atom. The summed E-state index contributed by atoms with van der Waals surface area (Å²) in [7, 11) is 1.77. The van der Waals surface area contributed by atoms with Gasteiger partial charge in [-0.15, -0.1) is 11.3 Å². The number of fused-ring (bicyclic) bond motifs is 1. The summed E-state index contributed by atoms with van der Waals surface area (Å²) in [5, 5.41) is 0.889. The minimum atomic E-state index is -0.458. The summed E-state index contributed by atoms with van der Waals surface area (Å²) < 4.78 is 5.69. The predicted octanol–water partition coefficient (Wildman–Crippen LogP) is 3.92. The molecule has 0 bridgehead atoms. The number of amides is 1. The van der Waals surface area contributed by atoms with Crippen LogP contribution in [0.5, 0.6) is 5.75 Å². The highest BCUT2D eigenvalue weighted by Crippen LogP contribution is 2.39. The minimum absolute atomic E-state index is 0.0474. The number of aromatic nitrogens is 2. The lowest BCUT2D eigenvalue weighted by molar-refractivity contribution is -0.125. The van der Waals surface area contributed by atoms with Crippen LogP contribution in [-0.4, -0.2) is 29.0 Å². The molecule has 0 saturated carbocycles. The van der Waals surface area contributed by atoms with Crippen LogP contribution in [0.15, 0.2) is 42.6 Å². The van der Waals surface area contributed by atoms with Crippen molar-refractivity contribution in [2.45, 2.75) is 20.0 Å². The van der Waals surface area contributed by atoms with Crippen LogP contribution in [0.25, 0.3) is 22.0 Å². The maximum atomic E-state index is 12.2. The summed E-state index contributed by atoms with van der Waals surface area (Å²) in [6, 6.07) is 11.7. The number of ether oxygens (including phenoxy) is 1. The Morgan fingerprint density at radius 3 is 2.84 bits per heavy atom. The van der Waals surface area contributed by atoms with Crippen molar-refractivity contribution in [2.24, 2.45) is 0 Å². The van der Waals surface area contributed by atoms with Gasteiger partial charge < -0.3 is 9.64 Å². The smallest absolute Gasteiger partial charge is 0.267 e. The summed E-state index contributed by atoms with van der Waals surface area (Å²) in [6.45, 7) is 3.81. The molecule has 1 aliphatic rings. The lowest BCUT2D eigenvalue weighted by atomic mass is 10.1. The van der Waals surface area contributed by atoms with Crippen molar-refractivity contribution in [1.82, 2.24) is 9.97 Å². The summed E-state index contributed by atoms with van der Waals surface area (Å²) in [5.41, 5.74) is 3.51. The van der Waals surface area contributed by atoms with E-state index in [1.54, 1.807) is 36.4 Å². The van der Waals surface area contributed by atoms with Gasteiger partial charge in [-0.25, -0.2) is 4.98 Å². The minimum Gasteiger partial charge on any atom is -0.479 e. The molecule has 0 aliphatic carbocycles. The number of benzene rings is 1. The van der Waals surface area contributed by atoms with Gasteiger partial charge in [-0.3, -0.25) is 9.78 Å². The molecule has 3 aromatic rings. The molecule has 126 valence electrons. The van der Waals surface area contributed by atoms with Gasteiger partial charge in [-0.05, 0) is 44.2 Å². The van der Waals surface area contributed by atoms with Gasteiger partial charge in [-0.2, -0.15) is 0 Å². The Hall–Kier alpha value is -2.73. The first-order chi connectivity index (χ1) is 12.0. The normalized spacial score (nSPS) is 16.5. The molecule has 0 saturated heterocycles. The van der Waals surface area contributed by atoms with E-state index in [2.05, 4.69) is 4.98 Å². The largest absolute Gasteiger partial charge is 0.479 e. The number of aryl methyl sites for hydroxylation is 1. The zero-order valence-corrected chi connectivity index (χ0v) is 15.0. The Balaban J connectivity index is 1.77. The number of pyridine rings is 1. The molecular formula is C19H17N3O2S. The average Bonchev–Trinajstić information content (AvgIpc) is 3.02. The van der Waals surface area contributed by atoms with E-state index in [9.17, 15) is 4.79 Å². The SMILES string of the molecule is Cc1sc(-c2ccccn2)nc1-c1ccc2c(c1)N(C)C(=O)C(C)O2. The molecule has 4 rings (SSSR count). The lowest BCUT2D eigenvalue weighted by Crippen LogP contribution is -2.41. The molecule has 3 heterocycles. The van der Waals surface area contributed by atoms with E-state index in [4.69, 9.17) is 9.72 Å². The fourth-order valence-corrected chi connectivity index (χ4v) is 3.83. The summed E-state index contributed by atoms with van der Waals surface area (Å²) in [4.78, 5) is 24.1. The van der Waals surface area contributed by atoms with E-state index in [0.29, 0.717) is 0 Å². The van der Waals surface area contributed by atoms with Gasteiger partial charge in [0.1, 0.15) is 10.8 Å². The van der Waals surface area contributed by atoms with Crippen molar-refractivity contribution in [2.75, 3.05) is 11.9 Å². The molecular weight excluding hydrogens is 334 g/mol. The van der Waals surface area contributed by atoms with Gasteiger partial charge in [0, 0.05) is 23.7 Å². The molecule has 0 spiro atoms. The zero-order chi connectivity index (χ0) is 17.6. The van der Waals surface area contributed by atoms with E-state index in [1.807, 2.05) is 43.3 Å². The van der Waals surface area contributed by atoms with Gasteiger partial charge in [-0.1, -0.05) is 6.07 Å². The first-order valence-electron chi connectivity index (χ1n) is 8.02. The monoisotopic (exact) mass is 351 g/mol. The van der Waals surface area contributed by atoms with Crippen molar-refractivity contribution in [3.05, 3.63) is 47.5 Å². The Morgan fingerprint density at radius 2 is 2.08 bits per heavy atom. The van der Waals surface area contributed by atoms with E-state index >= 15 is 0 Å². The van der Waals surface area contributed by atoms with Gasteiger partial charge >= 0.3 is 0 Å². The van der Waals surface area contributed by atoms with Crippen LogP contribution in [-0.2, 0) is 4.79 Å². The number of hydrogen-bond donors (Lipinski definition) is 0. The number of thiazole rings is 1. The number of rotatable bonds is 2. The van der Waals surface area contributed by atoms with Crippen molar-refractivity contribution < 1.29 is 9.53 Å². The molecule has 1 amide bonds. The molecule has 1 atom stereocenters. The molecule has 6 heteroatoms. The number of carbonyl (C=O) groups is 1. The second kappa shape index (κ2) is 5.97. The van der Waals surface area contributed by atoms with Gasteiger partial charge in [0.15, 0.2) is 6.10 Å². The van der Waals surface area contributed by atoms with Crippen molar-refractivity contribution >= 4 is 22.9 Å². The van der Waals surface area contributed by atoms with E-state index in [0.717, 1.165) is 38.3 Å². The predicted molar refractivity (Wildman–Crippen MR) is 99.0 cm³/mol. The summed E-state index contributed by atoms with van der Waals surface area (Å²) in [5.74, 6) is 0.671. The van der Waals surface area contributed by atoms with Crippen LogP contribution >= 0.6 is 11.3 Å². The third kappa shape index (κ3) is 2.68. The van der Waals surface area contributed by atoms with Crippen molar-refractivity contribution in [1.29, 1.82) is 0 Å². The third-order valence-electron chi connectivity index (χ3n) is 4.26. The Labute approximate surface area is 149 Å². The maximum absolute atomic E-state index is 12.2. The van der Waals surface area contributed by atoms with Crippen molar-refractivity contribution in [3.63, 3.8) is 0 Å². The number of nitrogens with zero attached hydrogens (tertiary/aromatic N) is 3. The molecule has 2 aromatic heterocycles. The molecule has 0 fully saturated rings. The quantitative estimate of drug-likeness (QED) is 0.702. The van der Waals surface area contributed by atoms with Crippen LogP contribution in [0, 0.1) is 6.92 Å². The second-order valence-electron chi connectivity index (χ2n) is 5.98. The number of hydrogen-bond acceptors (Lipinski definition) is 5. The van der Waals surface area contributed by atoms with Crippen LogP contribution in [0.2, 0.25) is 0 Å². The maximum Gasteiger partial charge on any atom is 0.267 e. The van der Waals surface area contributed by atoms with Crippen LogP contribution in [0.1, 0.15) is 11.8 Å². The second-order valence-corrected chi connectivity index (χ2v) is 7.18. The molecule has 5 nitrogen and oxygen atoms in total. The number of carbonyl (C=O) groups excluding carboxylic acids is 1. The third-order valence-corrected chi connectivity index (χ3v) is 5.25. The fraction of sp³-hybridized carbons (Fsp3) is 0.211. The van der Waals surface area contributed by atoms with Gasteiger partial charge in [0.2, 0.25) is 0 Å². The zero-order valence-electron chi connectivity index (χ0n) is 14.2. The van der Waals surface area contributed by atoms with Crippen LogP contribution < -0.4 is 9.64 Å². The first-order valence-corrected chi connectivity index (χ1v) is 8.83. The summed E-state index contributed by atoms with van der Waals surface area (Å²) >= 11 is 1.62. The van der Waals surface area contributed by atoms with Gasteiger partial charge in [0.05, 0.1) is 17.1 Å². The molecule has 1 aromatic carbocycles. The van der Waals surface area contributed by atoms with E-state index < -0.39 is 6.10 Å². The Kier molecular flexibility index (Phi) is 3.77. The summed E-state index contributed by atoms with van der Waals surface area (Å²) in [6.07, 6.45) is 1.31. The highest BCUT2D eigenvalue weighted by Gasteiger charge is 2.29. The molecule has 0 radical (unpaired) electrons. The lowest BCUT2D eigenvalue weighted by Gasteiger charge is -2.30. The van der Waals surface area contributed by atoms with E-state index in [-0.39, 0.29) is 5.91 Å². The fourth-order valence-electron chi connectivity index (χ4n) is 2.92. The highest BCUT2D eigenvalue weighted by atomic mass is 32.1. The van der Waals surface area contributed by atoms with Crippen molar-refractivity contribution in [3.8, 4) is 27.7 Å². The van der Waals surface area contributed by atoms with Crippen LogP contribution in [0.4, 0.5) is 5.69 Å². The molecule has 1 unspecified atom stereocenters. The highest BCUT2D eigenvalue weighted by molar-refractivity contribution is 7.15. The standard InChI is InChI=1S/C19H17N3O2S/c1-11-19(23)22(3)15-10-13(7-8-16(15)24-11)17-12(2)25-18(21-17)14-6-4-5-9-20-14/h4-11H,1-3H3. The molecule has 25 heavy (non-hydrogen) atoms. The topological polar surface area (TPSA) is 55.3 Å². The number of anilines is 1. The molecule has 1 aliphatic heterocycles.